The lowest BCUT2D eigenvalue weighted by Gasteiger charge is -2.36. The van der Waals surface area contributed by atoms with Gasteiger partial charge >= 0.3 is 17.9 Å². The van der Waals surface area contributed by atoms with Crippen LogP contribution in [0.2, 0.25) is 0 Å². The third kappa shape index (κ3) is 4.65. The van der Waals surface area contributed by atoms with Gasteiger partial charge in [0.15, 0.2) is 0 Å². The highest BCUT2D eigenvalue weighted by molar-refractivity contribution is 5.86. The molecule has 2 heterocycles. The van der Waals surface area contributed by atoms with E-state index in [1.54, 1.807) is 4.90 Å². The minimum Gasteiger partial charge on any atom is -0.417 e. The Bertz CT molecular complexity index is 1030. The largest absolute Gasteiger partial charge is 0.417 e. The summed E-state index contributed by atoms with van der Waals surface area (Å²) in [6.07, 6.45) is 1.49. The number of alkyl halides is 3. The fourth-order valence-electron chi connectivity index (χ4n) is 4.43. The van der Waals surface area contributed by atoms with Gasteiger partial charge in [0.05, 0.1) is 15.9 Å². The standard InChI is InChI=1S/C20H23F3N4O4/c21-20(22,23)14-10-15-17(16(11-14)27(29)30)31-19(24-18(15)28)26-8-6-25(7-9-26)12-13-4-2-1-3-5-13/h10-11,13H,1-9,12H2. The van der Waals surface area contributed by atoms with Gasteiger partial charge in [-0.3, -0.25) is 19.8 Å². The van der Waals surface area contributed by atoms with Crippen molar-refractivity contribution in [1.29, 1.82) is 0 Å². The molecule has 11 heteroatoms. The van der Waals surface area contributed by atoms with Crippen molar-refractivity contribution in [2.45, 2.75) is 38.3 Å². The first-order chi connectivity index (χ1) is 14.7. The molecule has 2 fully saturated rings. The van der Waals surface area contributed by atoms with E-state index in [2.05, 4.69) is 9.88 Å². The fraction of sp³-hybridized carbons (Fsp3) is 0.600. The number of anilines is 1. The number of hydrogen-bond acceptors (Lipinski definition) is 7. The molecule has 1 saturated carbocycles. The van der Waals surface area contributed by atoms with Crippen LogP contribution >= 0.6 is 0 Å². The Morgan fingerprint density at radius 3 is 2.42 bits per heavy atom. The van der Waals surface area contributed by atoms with E-state index < -0.39 is 38.9 Å². The second-order valence-corrected chi connectivity index (χ2v) is 8.22. The Morgan fingerprint density at radius 1 is 1.13 bits per heavy atom. The van der Waals surface area contributed by atoms with Crippen LogP contribution in [0.1, 0.15) is 37.7 Å². The summed E-state index contributed by atoms with van der Waals surface area (Å²) in [7, 11) is 0. The number of fused-ring (bicyclic) bond motifs is 1. The summed E-state index contributed by atoms with van der Waals surface area (Å²) in [4.78, 5) is 30.6. The summed E-state index contributed by atoms with van der Waals surface area (Å²) in [6.45, 7) is 3.52. The summed E-state index contributed by atoms with van der Waals surface area (Å²) >= 11 is 0. The molecule has 31 heavy (non-hydrogen) atoms. The summed E-state index contributed by atoms with van der Waals surface area (Å²) < 4.78 is 44.7. The van der Waals surface area contributed by atoms with Gasteiger partial charge in [0.2, 0.25) is 5.58 Å². The predicted molar refractivity (Wildman–Crippen MR) is 107 cm³/mol. The average Bonchev–Trinajstić information content (AvgIpc) is 2.73. The maximum atomic E-state index is 13.1. The van der Waals surface area contributed by atoms with E-state index in [1.165, 1.54) is 32.1 Å². The first-order valence-corrected chi connectivity index (χ1v) is 10.4. The topological polar surface area (TPSA) is 92.7 Å². The zero-order valence-corrected chi connectivity index (χ0v) is 16.9. The average molecular weight is 440 g/mol. The minimum atomic E-state index is -4.83. The Hall–Kier alpha value is -2.69. The molecule has 1 aliphatic carbocycles. The molecule has 0 spiro atoms. The molecule has 1 saturated heterocycles. The lowest BCUT2D eigenvalue weighted by molar-refractivity contribution is -0.383. The quantitative estimate of drug-likeness (QED) is 0.527. The zero-order chi connectivity index (χ0) is 22.2. The smallest absolute Gasteiger partial charge is 0.416 e. The molecular weight excluding hydrogens is 417 g/mol. The number of benzene rings is 1. The maximum Gasteiger partial charge on any atom is 0.416 e. The van der Waals surface area contributed by atoms with Crippen LogP contribution < -0.4 is 10.5 Å². The van der Waals surface area contributed by atoms with Gasteiger partial charge in [-0.15, -0.1) is 0 Å². The van der Waals surface area contributed by atoms with E-state index in [1.807, 2.05) is 0 Å². The molecule has 4 rings (SSSR count). The van der Waals surface area contributed by atoms with Crippen LogP contribution in [0.3, 0.4) is 0 Å². The van der Waals surface area contributed by atoms with Crippen LogP contribution in [0.25, 0.3) is 11.0 Å². The number of aromatic nitrogens is 1. The van der Waals surface area contributed by atoms with E-state index in [0.29, 0.717) is 31.1 Å². The number of hydrogen-bond donors (Lipinski definition) is 0. The van der Waals surface area contributed by atoms with Crippen LogP contribution in [0.15, 0.2) is 21.3 Å². The van der Waals surface area contributed by atoms with Crippen molar-refractivity contribution in [1.82, 2.24) is 9.88 Å². The Kier molecular flexibility index (Phi) is 5.87. The maximum absolute atomic E-state index is 13.1. The number of nitrogens with zero attached hydrogens (tertiary/aromatic N) is 4. The summed E-state index contributed by atoms with van der Waals surface area (Å²) in [5.41, 5.74) is -3.65. The molecule has 1 aliphatic heterocycles. The molecule has 168 valence electrons. The monoisotopic (exact) mass is 440 g/mol. The highest BCUT2D eigenvalue weighted by Crippen LogP contribution is 2.36. The minimum absolute atomic E-state index is 0.0994. The number of rotatable bonds is 4. The number of nitro benzene ring substituents is 1. The van der Waals surface area contributed by atoms with Crippen molar-refractivity contribution in [2.75, 3.05) is 37.6 Å². The molecule has 2 aliphatic rings. The molecule has 8 nitrogen and oxygen atoms in total. The molecule has 0 bridgehead atoms. The molecular formula is C20H23F3N4O4. The Labute approximate surface area is 175 Å². The van der Waals surface area contributed by atoms with Gasteiger partial charge in [-0.1, -0.05) is 19.3 Å². The number of piperazine rings is 1. The van der Waals surface area contributed by atoms with Crippen molar-refractivity contribution < 1.29 is 22.5 Å². The number of non-ortho nitro benzene ring substituents is 1. The number of nitro groups is 1. The van der Waals surface area contributed by atoms with Gasteiger partial charge in [-0.05, 0) is 24.8 Å². The van der Waals surface area contributed by atoms with Crippen molar-refractivity contribution in [3.05, 3.63) is 38.2 Å². The third-order valence-electron chi connectivity index (χ3n) is 6.10. The summed E-state index contributed by atoms with van der Waals surface area (Å²) in [5.74, 6) is 0.697. The highest BCUT2D eigenvalue weighted by atomic mass is 19.4. The second kappa shape index (κ2) is 8.45. The van der Waals surface area contributed by atoms with E-state index in [4.69, 9.17) is 4.42 Å². The molecule has 1 aromatic heterocycles. The molecule has 1 aromatic carbocycles. The van der Waals surface area contributed by atoms with Gasteiger partial charge in [0.25, 0.3) is 5.56 Å². The van der Waals surface area contributed by atoms with Gasteiger partial charge in [-0.25, -0.2) is 0 Å². The van der Waals surface area contributed by atoms with Crippen molar-refractivity contribution in [3.8, 4) is 0 Å². The van der Waals surface area contributed by atoms with Crippen LogP contribution in [0.4, 0.5) is 24.9 Å². The zero-order valence-electron chi connectivity index (χ0n) is 16.9. The normalized spacial score (nSPS) is 19.1. The first-order valence-electron chi connectivity index (χ1n) is 10.4. The molecule has 0 N–H and O–H groups in total. The number of halogens is 3. The van der Waals surface area contributed by atoms with Gasteiger partial charge < -0.3 is 9.32 Å². The molecule has 0 amide bonds. The van der Waals surface area contributed by atoms with Crippen LogP contribution in [0.5, 0.6) is 0 Å². The third-order valence-corrected chi connectivity index (χ3v) is 6.10. The molecule has 0 radical (unpaired) electrons. The van der Waals surface area contributed by atoms with Crippen LogP contribution in [-0.2, 0) is 6.18 Å². The molecule has 0 unspecified atom stereocenters. The van der Waals surface area contributed by atoms with E-state index in [-0.39, 0.29) is 6.01 Å². The van der Waals surface area contributed by atoms with Crippen LogP contribution in [-0.4, -0.2) is 47.5 Å². The lowest BCUT2D eigenvalue weighted by atomic mass is 9.89. The Balaban J connectivity index is 1.57. The molecule has 0 atom stereocenters. The summed E-state index contributed by atoms with van der Waals surface area (Å²) in [5, 5.41) is 10.8. The highest BCUT2D eigenvalue weighted by Gasteiger charge is 2.35. The second-order valence-electron chi connectivity index (χ2n) is 8.22. The molecule has 2 aromatic rings. The van der Waals surface area contributed by atoms with E-state index >= 15 is 0 Å². The van der Waals surface area contributed by atoms with E-state index in [9.17, 15) is 28.1 Å². The van der Waals surface area contributed by atoms with Gasteiger partial charge in [0, 0.05) is 38.8 Å². The Morgan fingerprint density at radius 2 is 1.81 bits per heavy atom. The van der Waals surface area contributed by atoms with Crippen molar-refractivity contribution in [3.63, 3.8) is 0 Å². The van der Waals surface area contributed by atoms with Gasteiger partial charge in [-0.2, -0.15) is 18.2 Å². The predicted octanol–water partition coefficient (Wildman–Crippen LogP) is 3.82. The van der Waals surface area contributed by atoms with Crippen molar-refractivity contribution in [2.24, 2.45) is 5.92 Å². The van der Waals surface area contributed by atoms with E-state index in [0.717, 1.165) is 19.6 Å². The SMILES string of the molecule is O=c1nc(N2CCN(CC3CCCCC3)CC2)oc2c([N+](=O)[O-])cc(C(F)(F)F)cc12. The lowest BCUT2D eigenvalue weighted by Crippen LogP contribution is -2.48. The van der Waals surface area contributed by atoms with Crippen LogP contribution in [0, 0.1) is 16.0 Å². The first kappa shape index (κ1) is 21.5. The van der Waals surface area contributed by atoms with Gasteiger partial charge in [0.1, 0.15) is 0 Å². The summed E-state index contributed by atoms with van der Waals surface area (Å²) in [6, 6.07) is 0.835. The fourth-order valence-corrected chi connectivity index (χ4v) is 4.43. The van der Waals surface area contributed by atoms with Crippen molar-refractivity contribution >= 4 is 22.7 Å².